The number of hydrogen-bond acceptors (Lipinski definition) is 2. The van der Waals surface area contributed by atoms with Crippen LogP contribution in [-0.4, -0.2) is 21.8 Å². The van der Waals surface area contributed by atoms with Gasteiger partial charge in [-0.15, -0.1) is 0 Å². The number of aromatic carboxylic acids is 1. The average Bonchev–Trinajstić information content (AvgIpc) is 2.30. The van der Waals surface area contributed by atoms with Crippen LogP contribution in [0.5, 0.6) is 0 Å². The quantitative estimate of drug-likeness (QED) is 0.836. The minimum atomic E-state index is -0.934. The molecule has 1 aromatic carbocycles. The molecule has 1 atom stereocenters. The summed E-state index contributed by atoms with van der Waals surface area (Å²) in [6.07, 6.45) is 8.51. The Bertz CT molecular complexity index is 471. The highest BCUT2D eigenvalue weighted by molar-refractivity contribution is 5.87. The van der Waals surface area contributed by atoms with Gasteiger partial charge in [-0.25, -0.2) is 4.79 Å². The van der Waals surface area contributed by atoms with Crippen LogP contribution in [0.1, 0.15) is 22.3 Å². The topological polar surface area (TPSA) is 57.5 Å². The lowest BCUT2D eigenvalue weighted by molar-refractivity contribution is 0.0697. The van der Waals surface area contributed by atoms with Crippen molar-refractivity contribution in [1.82, 2.24) is 0 Å². The highest BCUT2D eigenvalue weighted by atomic mass is 16.4. The van der Waals surface area contributed by atoms with E-state index in [0.717, 1.165) is 5.56 Å². The molecular weight excluding hydrogens is 216 g/mol. The van der Waals surface area contributed by atoms with Gasteiger partial charge in [-0.2, -0.15) is 0 Å². The molecule has 1 aliphatic carbocycles. The van der Waals surface area contributed by atoms with Gasteiger partial charge in [-0.05, 0) is 24.1 Å². The molecule has 0 saturated carbocycles. The minimum Gasteiger partial charge on any atom is -0.478 e. The lowest BCUT2D eigenvalue weighted by Gasteiger charge is -2.25. The van der Waals surface area contributed by atoms with Crippen molar-refractivity contribution in [3.05, 3.63) is 59.7 Å². The first-order valence-electron chi connectivity index (χ1n) is 5.48. The van der Waals surface area contributed by atoms with Crippen LogP contribution in [0.3, 0.4) is 0 Å². The van der Waals surface area contributed by atoms with Crippen molar-refractivity contribution in [2.75, 3.05) is 0 Å². The lowest BCUT2D eigenvalue weighted by atomic mass is 9.88. The third-order valence-corrected chi connectivity index (χ3v) is 2.84. The van der Waals surface area contributed by atoms with Crippen molar-refractivity contribution in [1.29, 1.82) is 0 Å². The Morgan fingerprint density at radius 2 is 1.94 bits per heavy atom. The molecule has 3 heteroatoms. The zero-order valence-corrected chi connectivity index (χ0v) is 9.34. The number of carbonyl (C=O) groups is 1. The third kappa shape index (κ3) is 2.82. The largest absolute Gasteiger partial charge is 0.478 e. The molecule has 1 unspecified atom stereocenters. The zero-order chi connectivity index (χ0) is 12.3. The number of hydrogen-bond donors (Lipinski definition) is 2. The standard InChI is InChI=1S/C14H14O3/c15-13(16)12-6-4-11(5-7-12)10-14(17)8-2-1-3-9-14/h1-8,17H,9-10H2,(H,15,16). The van der Waals surface area contributed by atoms with Crippen LogP contribution in [0, 0.1) is 0 Å². The van der Waals surface area contributed by atoms with Gasteiger partial charge in [0.05, 0.1) is 11.2 Å². The Labute approximate surface area is 99.7 Å². The predicted octanol–water partition coefficient (Wildman–Crippen LogP) is 2.17. The van der Waals surface area contributed by atoms with Crippen molar-refractivity contribution in [3.8, 4) is 0 Å². The van der Waals surface area contributed by atoms with Crippen LogP contribution in [0.4, 0.5) is 0 Å². The van der Waals surface area contributed by atoms with Crippen LogP contribution in [-0.2, 0) is 6.42 Å². The van der Waals surface area contributed by atoms with E-state index in [1.807, 2.05) is 18.2 Å². The Morgan fingerprint density at radius 1 is 1.24 bits per heavy atom. The minimum absolute atomic E-state index is 0.264. The summed E-state index contributed by atoms with van der Waals surface area (Å²) in [5.41, 5.74) is 0.344. The fraction of sp³-hybridized carbons (Fsp3) is 0.214. The zero-order valence-electron chi connectivity index (χ0n) is 9.34. The van der Waals surface area contributed by atoms with Gasteiger partial charge in [-0.1, -0.05) is 36.4 Å². The van der Waals surface area contributed by atoms with E-state index in [1.165, 1.54) is 0 Å². The number of benzene rings is 1. The molecule has 0 amide bonds. The molecular formula is C14H14O3. The van der Waals surface area contributed by atoms with Gasteiger partial charge in [0.1, 0.15) is 0 Å². The van der Waals surface area contributed by atoms with Gasteiger partial charge in [0.25, 0.3) is 0 Å². The van der Waals surface area contributed by atoms with E-state index >= 15 is 0 Å². The lowest BCUT2D eigenvalue weighted by Crippen LogP contribution is -2.29. The highest BCUT2D eigenvalue weighted by Crippen LogP contribution is 2.22. The van der Waals surface area contributed by atoms with Crippen molar-refractivity contribution in [2.24, 2.45) is 0 Å². The second kappa shape index (κ2) is 4.55. The Kier molecular flexibility index (Phi) is 3.11. The Balaban J connectivity index is 2.11. The summed E-state index contributed by atoms with van der Waals surface area (Å²) in [5.74, 6) is -0.934. The van der Waals surface area contributed by atoms with E-state index in [9.17, 15) is 9.90 Å². The SMILES string of the molecule is O=C(O)c1ccc(CC2(O)C=CC=CC2)cc1. The highest BCUT2D eigenvalue weighted by Gasteiger charge is 2.23. The van der Waals surface area contributed by atoms with Gasteiger partial charge < -0.3 is 10.2 Å². The van der Waals surface area contributed by atoms with E-state index in [4.69, 9.17) is 5.11 Å². The Morgan fingerprint density at radius 3 is 2.47 bits per heavy atom. The van der Waals surface area contributed by atoms with Gasteiger partial charge >= 0.3 is 5.97 Å². The molecule has 0 aliphatic heterocycles. The average molecular weight is 230 g/mol. The molecule has 0 saturated heterocycles. The fourth-order valence-electron chi connectivity index (χ4n) is 1.90. The molecule has 0 bridgehead atoms. The number of allylic oxidation sites excluding steroid dienone is 2. The molecule has 17 heavy (non-hydrogen) atoms. The van der Waals surface area contributed by atoms with E-state index in [0.29, 0.717) is 12.8 Å². The number of aliphatic hydroxyl groups is 1. The summed E-state index contributed by atoms with van der Waals surface area (Å²) in [7, 11) is 0. The van der Waals surface area contributed by atoms with Gasteiger partial charge in [0.2, 0.25) is 0 Å². The van der Waals surface area contributed by atoms with Crippen molar-refractivity contribution < 1.29 is 15.0 Å². The first-order chi connectivity index (χ1) is 8.09. The molecule has 2 rings (SSSR count). The maximum atomic E-state index is 10.7. The molecule has 0 heterocycles. The summed E-state index contributed by atoms with van der Waals surface area (Å²) in [6.45, 7) is 0. The Hall–Kier alpha value is -1.87. The summed E-state index contributed by atoms with van der Waals surface area (Å²) in [6, 6.07) is 6.61. The second-order valence-corrected chi connectivity index (χ2v) is 4.27. The number of rotatable bonds is 3. The maximum Gasteiger partial charge on any atom is 0.335 e. The molecule has 0 aromatic heterocycles. The fourth-order valence-corrected chi connectivity index (χ4v) is 1.90. The smallest absolute Gasteiger partial charge is 0.335 e. The maximum absolute atomic E-state index is 10.7. The van der Waals surface area contributed by atoms with Crippen molar-refractivity contribution in [3.63, 3.8) is 0 Å². The van der Waals surface area contributed by atoms with E-state index in [2.05, 4.69) is 0 Å². The normalized spacial score (nSPS) is 22.6. The first kappa shape index (κ1) is 11.6. The summed E-state index contributed by atoms with van der Waals surface area (Å²) in [5, 5.41) is 19.0. The molecule has 0 fully saturated rings. The van der Waals surface area contributed by atoms with Gasteiger partial charge in [0, 0.05) is 6.42 Å². The molecule has 1 aromatic rings. The van der Waals surface area contributed by atoms with E-state index < -0.39 is 11.6 Å². The summed E-state index contributed by atoms with van der Waals surface area (Å²) < 4.78 is 0. The third-order valence-electron chi connectivity index (χ3n) is 2.84. The molecule has 0 radical (unpaired) electrons. The van der Waals surface area contributed by atoms with Crippen LogP contribution < -0.4 is 0 Å². The van der Waals surface area contributed by atoms with Crippen LogP contribution >= 0.6 is 0 Å². The number of carboxylic acids is 1. The molecule has 1 aliphatic rings. The van der Waals surface area contributed by atoms with Crippen molar-refractivity contribution >= 4 is 5.97 Å². The van der Waals surface area contributed by atoms with Gasteiger partial charge in [0.15, 0.2) is 0 Å². The molecule has 3 nitrogen and oxygen atoms in total. The monoisotopic (exact) mass is 230 g/mol. The molecule has 88 valence electrons. The second-order valence-electron chi connectivity index (χ2n) is 4.27. The van der Waals surface area contributed by atoms with E-state index in [1.54, 1.807) is 30.3 Å². The summed E-state index contributed by atoms with van der Waals surface area (Å²) in [4.78, 5) is 10.7. The number of carboxylic acid groups (broad SMARTS) is 1. The van der Waals surface area contributed by atoms with Crippen LogP contribution in [0.25, 0.3) is 0 Å². The van der Waals surface area contributed by atoms with Crippen LogP contribution in [0.15, 0.2) is 48.6 Å². The van der Waals surface area contributed by atoms with Crippen molar-refractivity contribution in [2.45, 2.75) is 18.4 Å². The van der Waals surface area contributed by atoms with E-state index in [-0.39, 0.29) is 5.56 Å². The molecule has 2 N–H and O–H groups in total. The molecule has 0 spiro atoms. The van der Waals surface area contributed by atoms with Crippen LogP contribution in [0.2, 0.25) is 0 Å². The van der Waals surface area contributed by atoms with Gasteiger partial charge in [-0.3, -0.25) is 0 Å². The summed E-state index contributed by atoms with van der Waals surface area (Å²) >= 11 is 0. The predicted molar refractivity (Wildman–Crippen MR) is 65.0 cm³/mol. The first-order valence-corrected chi connectivity index (χ1v) is 5.48.